The molecule has 0 aliphatic heterocycles. The Morgan fingerprint density at radius 1 is 0.952 bits per heavy atom. The van der Waals surface area contributed by atoms with Crippen molar-refractivity contribution in [1.29, 1.82) is 0 Å². The van der Waals surface area contributed by atoms with Gasteiger partial charge >= 0.3 is 0 Å². The first-order chi connectivity index (χ1) is 10.3. The van der Waals surface area contributed by atoms with Crippen LogP contribution in [0.25, 0.3) is 11.1 Å². The molecule has 0 spiro atoms. The van der Waals surface area contributed by atoms with E-state index in [1.54, 1.807) is 12.1 Å². The smallest absolute Gasteiger partial charge is 0.115 e. The molecular weight excluding hydrogens is 373 g/mol. The first-order valence-electron chi connectivity index (χ1n) is 6.69. The fourth-order valence-electron chi connectivity index (χ4n) is 2.41. The molecule has 1 aromatic heterocycles. The third kappa shape index (κ3) is 3.08. The maximum Gasteiger partial charge on any atom is 0.115 e. The van der Waals surface area contributed by atoms with Crippen molar-refractivity contribution in [3.63, 3.8) is 0 Å². The van der Waals surface area contributed by atoms with Crippen LogP contribution < -0.4 is 0 Å². The fourth-order valence-corrected chi connectivity index (χ4v) is 2.85. The van der Waals surface area contributed by atoms with E-state index in [-0.39, 0.29) is 5.75 Å². The Morgan fingerprint density at radius 3 is 2.29 bits per heavy atom. The highest BCUT2D eigenvalue weighted by molar-refractivity contribution is 14.1. The molecule has 0 unspecified atom stereocenters. The van der Waals surface area contributed by atoms with E-state index in [2.05, 4.69) is 43.8 Å². The van der Waals surface area contributed by atoms with Crippen molar-refractivity contribution < 1.29 is 5.11 Å². The van der Waals surface area contributed by atoms with Gasteiger partial charge in [0.2, 0.25) is 0 Å². The van der Waals surface area contributed by atoms with Gasteiger partial charge in [0.25, 0.3) is 0 Å². The molecule has 0 amide bonds. The van der Waals surface area contributed by atoms with E-state index >= 15 is 0 Å². The quantitative estimate of drug-likeness (QED) is 0.738. The van der Waals surface area contributed by atoms with Gasteiger partial charge in [-0.2, -0.15) is 0 Å². The summed E-state index contributed by atoms with van der Waals surface area (Å²) in [5.74, 6) is 0.289. The normalized spacial score (nSPS) is 16.5. The van der Waals surface area contributed by atoms with Gasteiger partial charge in [-0.1, -0.05) is 40.8 Å². The van der Waals surface area contributed by atoms with Gasteiger partial charge in [-0.15, -0.1) is 0 Å². The monoisotopic (exact) mass is 387 g/mol. The van der Waals surface area contributed by atoms with Gasteiger partial charge in [0.15, 0.2) is 0 Å². The number of phenolic OH excluding ortho intramolecular Hbond substituents is 1. The number of aromatic hydroxyl groups is 1. The molecule has 0 saturated heterocycles. The number of nitrogens with zero attached hydrogens (tertiary/aromatic N) is 1. The number of halogens is 1. The minimum absolute atomic E-state index is 0.289. The van der Waals surface area contributed by atoms with E-state index < -0.39 is 0 Å². The third-order valence-corrected chi connectivity index (χ3v) is 4.27. The predicted molar refractivity (Wildman–Crippen MR) is 95.0 cm³/mol. The maximum atomic E-state index is 9.47. The van der Waals surface area contributed by atoms with Crippen molar-refractivity contribution in [2.45, 2.75) is 6.42 Å². The van der Waals surface area contributed by atoms with Gasteiger partial charge in [0.1, 0.15) is 5.75 Å². The van der Waals surface area contributed by atoms with E-state index in [0.29, 0.717) is 0 Å². The summed E-state index contributed by atoms with van der Waals surface area (Å²) in [4.78, 5) is 4.09. The van der Waals surface area contributed by atoms with Crippen LogP contribution in [-0.4, -0.2) is 10.1 Å². The zero-order valence-electron chi connectivity index (χ0n) is 11.3. The summed E-state index contributed by atoms with van der Waals surface area (Å²) in [6.45, 7) is 0. The van der Waals surface area contributed by atoms with E-state index in [0.717, 1.165) is 17.5 Å². The van der Waals surface area contributed by atoms with Crippen LogP contribution in [0.1, 0.15) is 17.5 Å². The van der Waals surface area contributed by atoms with Crippen molar-refractivity contribution >= 4 is 33.7 Å². The largest absolute Gasteiger partial charge is 0.508 e. The summed E-state index contributed by atoms with van der Waals surface area (Å²) in [6, 6.07) is 11.4. The van der Waals surface area contributed by atoms with Gasteiger partial charge in [-0.05, 0) is 68.7 Å². The van der Waals surface area contributed by atoms with Crippen molar-refractivity contribution in [2.75, 3.05) is 0 Å². The lowest BCUT2D eigenvalue weighted by Crippen LogP contribution is -1.97. The number of rotatable bonds is 2. The Labute approximate surface area is 137 Å². The van der Waals surface area contributed by atoms with Crippen molar-refractivity contribution in [3.05, 3.63) is 81.7 Å². The maximum absolute atomic E-state index is 9.47. The average Bonchev–Trinajstić information content (AvgIpc) is 2.56. The highest BCUT2D eigenvalue weighted by Crippen LogP contribution is 2.37. The summed E-state index contributed by atoms with van der Waals surface area (Å²) in [6.07, 6.45) is 9.02. The predicted octanol–water partition coefficient (Wildman–Crippen LogP) is 4.98. The zero-order valence-corrected chi connectivity index (χ0v) is 13.5. The second-order valence-corrected chi connectivity index (χ2v) is 5.47. The van der Waals surface area contributed by atoms with Crippen LogP contribution in [0.4, 0.5) is 0 Å². The Kier molecular flexibility index (Phi) is 4.20. The number of allylic oxidation sites excluding steroid dienone is 5. The van der Waals surface area contributed by atoms with Crippen LogP contribution in [0.5, 0.6) is 5.75 Å². The second kappa shape index (κ2) is 6.26. The first kappa shape index (κ1) is 14.1. The molecule has 1 aromatic carbocycles. The number of phenols is 1. The molecule has 0 fully saturated rings. The van der Waals surface area contributed by atoms with Crippen molar-refractivity contribution in [2.24, 2.45) is 0 Å². The van der Waals surface area contributed by atoms with Gasteiger partial charge in [-0.25, -0.2) is 0 Å². The lowest BCUT2D eigenvalue weighted by molar-refractivity contribution is 0.475. The van der Waals surface area contributed by atoms with E-state index in [1.165, 1.54) is 16.7 Å². The summed E-state index contributed by atoms with van der Waals surface area (Å²) in [5.41, 5.74) is 5.95. The molecule has 3 heteroatoms. The molecular formula is C18H14INO. The van der Waals surface area contributed by atoms with Crippen molar-refractivity contribution in [3.8, 4) is 5.75 Å². The highest BCUT2D eigenvalue weighted by Gasteiger charge is 2.15. The minimum Gasteiger partial charge on any atom is -0.508 e. The summed E-state index contributed by atoms with van der Waals surface area (Å²) in [7, 11) is 0. The van der Waals surface area contributed by atoms with Crippen LogP contribution in [0.3, 0.4) is 0 Å². The number of benzene rings is 1. The van der Waals surface area contributed by atoms with Crippen LogP contribution in [-0.2, 0) is 0 Å². The zero-order chi connectivity index (χ0) is 14.7. The molecule has 2 nitrogen and oxygen atoms in total. The molecule has 0 radical (unpaired) electrons. The van der Waals surface area contributed by atoms with Crippen LogP contribution in [0.2, 0.25) is 0 Å². The molecule has 1 aliphatic carbocycles. The summed E-state index contributed by atoms with van der Waals surface area (Å²) >= 11 is 2.28. The SMILES string of the molecule is Oc1ccc(C2=CCC(=CI)C=C2c2ccncc2)cc1. The Hall–Kier alpha value is -1.88. The Morgan fingerprint density at radius 2 is 1.62 bits per heavy atom. The first-order valence-corrected chi connectivity index (χ1v) is 7.94. The Bertz CT molecular complexity index is 728. The van der Waals surface area contributed by atoms with Gasteiger partial charge in [0.05, 0.1) is 0 Å². The minimum atomic E-state index is 0.289. The molecule has 2 aromatic rings. The Balaban J connectivity index is 2.08. The standard InChI is InChI=1S/C18H14INO/c19-12-13-1-6-17(14-2-4-16(21)5-3-14)18(11-13)15-7-9-20-10-8-15/h2-12,21H,1H2. The molecule has 1 aliphatic rings. The van der Waals surface area contributed by atoms with Crippen LogP contribution >= 0.6 is 22.6 Å². The van der Waals surface area contributed by atoms with E-state index in [1.807, 2.05) is 36.7 Å². The summed E-state index contributed by atoms with van der Waals surface area (Å²) in [5, 5.41) is 9.47. The molecule has 0 atom stereocenters. The topological polar surface area (TPSA) is 33.1 Å². The lowest BCUT2D eigenvalue weighted by Gasteiger charge is -2.18. The van der Waals surface area contributed by atoms with Crippen molar-refractivity contribution in [1.82, 2.24) is 4.98 Å². The molecule has 3 rings (SSSR count). The summed E-state index contributed by atoms with van der Waals surface area (Å²) < 4.78 is 2.11. The fraction of sp³-hybridized carbons (Fsp3) is 0.0556. The molecule has 0 saturated carbocycles. The molecule has 1 heterocycles. The van der Waals surface area contributed by atoms with Gasteiger partial charge in [0, 0.05) is 12.4 Å². The van der Waals surface area contributed by atoms with Gasteiger partial charge < -0.3 is 5.11 Å². The lowest BCUT2D eigenvalue weighted by atomic mass is 9.86. The van der Waals surface area contributed by atoms with E-state index in [4.69, 9.17) is 0 Å². The van der Waals surface area contributed by atoms with E-state index in [9.17, 15) is 5.11 Å². The van der Waals surface area contributed by atoms with Gasteiger partial charge in [-0.3, -0.25) is 4.98 Å². The number of pyridine rings is 1. The molecule has 21 heavy (non-hydrogen) atoms. The third-order valence-electron chi connectivity index (χ3n) is 3.47. The highest BCUT2D eigenvalue weighted by atomic mass is 127. The molecule has 104 valence electrons. The molecule has 1 N–H and O–H groups in total. The number of hydrogen-bond acceptors (Lipinski definition) is 2. The second-order valence-electron chi connectivity index (χ2n) is 4.85. The molecule has 0 bridgehead atoms. The van der Waals surface area contributed by atoms with Crippen LogP contribution in [0.15, 0.2) is 70.6 Å². The number of aromatic nitrogens is 1. The average molecular weight is 387 g/mol. The number of hydrogen-bond donors (Lipinski definition) is 1. The van der Waals surface area contributed by atoms with Crippen LogP contribution in [0, 0.1) is 0 Å².